The Balaban J connectivity index is 0.00000420. The Labute approximate surface area is 232 Å². The fourth-order valence-corrected chi connectivity index (χ4v) is 5.51. The molecule has 0 radical (unpaired) electrons. The molecule has 0 aliphatic rings. The normalized spacial score (nSPS) is 11.7. The van der Waals surface area contributed by atoms with Gasteiger partial charge in [-0.3, -0.25) is 9.40 Å². The van der Waals surface area contributed by atoms with E-state index in [0.717, 1.165) is 25.0 Å². The molecule has 11 heteroatoms. The van der Waals surface area contributed by atoms with E-state index in [1.807, 2.05) is 13.8 Å². The van der Waals surface area contributed by atoms with Gasteiger partial charge in [-0.25, -0.2) is 8.42 Å². The molecule has 39 heavy (non-hydrogen) atoms. The minimum Gasteiger partial charge on any atom is -0.490 e. The summed E-state index contributed by atoms with van der Waals surface area (Å²) in [4.78, 5) is 0.103. The van der Waals surface area contributed by atoms with Gasteiger partial charge in [-0.2, -0.15) is 18.3 Å². The molecular weight excluding hydrogens is 551 g/mol. The zero-order valence-electron chi connectivity index (χ0n) is 21.4. The number of hydrogen-bond donors (Lipinski definition) is 1. The molecule has 1 aromatic heterocycles. The molecule has 0 saturated heterocycles. The predicted molar refractivity (Wildman–Crippen MR) is 148 cm³/mol. The molecule has 0 bridgehead atoms. The number of halogens is 4. The standard InChI is InChI=1S/C28H28F3N3O3S.ClH/c1-3-24(4-2)37-25-10-8-9-23(17-25)34(38(35,36)26-11-6-5-7-12-26)19-21-18-32-33-27(21)20-13-15-22(16-14-20)28(29,30)31;/h5-18,24H,3-4,19H2,1-2H3,(H,32,33);1H. The Morgan fingerprint density at radius 2 is 1.62 bits per heavy atom. The van der Waals surface area contributed by atoms with Crippen molar-refractivity contribution in [1.29, 1.82) is 0 Å². The maximum atomic E-state index is 13.8. The number of hydrogen-bond acceptors (Lipinski definition) is 4. The maximum Gasteiger partial charge on any atom is 0.416 e. The highest BCUT2D eigenvalue weighted by Crippen LogP contribution is 2.34. The number of benzene rings is 3. The van der Waals surface area contributed by atoms with Crippen LogP contribution in [0.2, 0.25) is 0 Å². The van der Waals surface area contributed by atoms with Gasteiger partial charge in [-0.1, -0.05) is 50.2 Å². The van der Waals surface area contributed by atoms with Crippen molar-refractivity contribution in [3.05, 3.63) is 96.2 Å². The van der Waals surface area contributed by atoms with E-state index in [-0.39, 0.29) is 30.0 Å². The Bertz CT molecular complexity index is 1460. The minimum absolute atomic E-state index is 0. The number of ether oxygens (including phenoxy) is 1. The van der Waals surface area contributed by atoms with E-state index in [2.05, 4.69) is 10.2 Å². The van der Waals surface area contributed by atoms with E-state index in [1.165, 1.54) is 34.8 Å². The van der Waals surface area contributed by atoms with Gasteiger partial charge in [0.15, 0.2) is 0 Å². The largest absolute Gasteiger partial charge is 0.490 e. The Morgan fingerprint density at radius 3 is 2.23 bits per heavy atom. The summed E-state index contributed by atoms with van der Waals surface area (Å²) in [6.07, 6.45) is -1.39. The Hall–Kier alpha value is -3.50. The van der Waals surface area contributed by atoms with Gasteiger partial charge < -0.3 is 4.74 Å². The Morgan fingerprint density at radius 1 is 0.949 bits per heavy atom. The van der Waals surface area contributed by atoms with Crippen molar-refractivity contribution >= 4 is 28.1 Å². The number of aromatic nitrogens is 2. The topological polar surface area (TPSA) is 75.3 Å². The summed E-state index contributed by atoms with van der Waals surface area (Å²) in [5, 5.41) is 6.86. The number of anilines is 1. The van der Waals surface area contributed by atoms with Crippen molar-refractivity contribution in [2.45, 2.75) is 50.4 Å². The lowest BCUT2D eigenvalue weighted by molar-refractivity contribution is -0.137. The van der Waals surface area contributed by atoms with Crippen LogP contribution in [0.5, 0.6) is 5.75 Å². The number of alkyl halides is 3. The molecule has 4 aromatic rings. The van der Waals surface area contributed by atoms with Crippen LogP contribution in [-0.4, -0.2) is 24.7 Å². The molecule has 1 heterocycles. The van der Waals surface area contributed by atoms with Crippen molar-refractivity contribution in [2.24, 2.45) is 0 Å². The van der Waals surface area contributed by atoms with Crippen LogP contribution < -0.4 is 9.04 Å². The molecule has 4 rings (SSSR count). The number of aromatic amines is 1. The van der Waals surface area contributed by atoms with Crippen molar-refractivity contribution in [1.82, 2.24) is 10.2 Å². The van der Waals surface area contributed by atoms with Gasteiger partial charge in [-0.05, 0) is 54.8 Å². The minimum atomic E-state index is -4.46. The van der Waals surface area contributed by atoms with Crippen LogP contribution in [0.1, 0.15) is 37.8 Å². The lowest BCUT2D eigenvalue weighted by Gasteiger charge is -2.25. The van der Waals surface area contributed by atoms with Crippen molar-refractivity contribution in [3.8, 4) is 17.0 Å². The Kier molecular flexibility index (Phi) is 9.68. The van der Waals surface area contributed by atoms with Crippen LogP contribution in [0.15, 0.2) is 90.0 Å². The third-order valence-corrected chi connectivity index (χ3v) is 7.97. The van der Waals surface area contributed by atoms with E-state index in [0.29, 0.717) is 28.3 Å². The molecule has 0 spiro atoms. The van der Waals surface area contributed by atoms with Crippen molar-refractivity contribution in [2.75, 3.05) is 4.31 Å². The van der Waals surface area contributed by atoms with Gasteiger partial charge in [0.05, 0.1) is 40.7 Å². The van der Waals surface area contributed by atoms with Crippen LogP contribution in [0.25, 0.3) is 11.3 Å². The molecule has 0 fully saturated rings. The molecule has 0 atom stereocenters. The van der Waals surface area contributed by atoms with Crippen LogP contribution in [0.3, 0.4) is 0 Å². The first kappa shape index (κ1) is 30.0. The lowest BCUT2D eigenvalue weighted by atomic mass is 10.1. The van der Waals surface area contributed by atoms with Gasteiger partial charge in [-0.15, -0.1) is 12.4 Å². The van der Waals surface area contributed by atoms with E-state index < -0.39 is 21.8 Å². The summed E-state index contributed by atoms with van der Waals surface area (Å²) in [5.74, 6) is 0.541. The number of nitrogens with zero attached hydrogens (tertiary/aromatic N) is 2. The highest BCUT2D eigenvalue weighted by molar-refractivity contribution is 7.92. The first-order chi connectivity index (χ1) is 18.1. The zero-order valence-corrected chi connectivity index (χ0v) is 23.0. The number of rotatable bonds is 10. The molecule has 0 aliphatic carbocycles. The fourth-order valence-electron chi connectivity index (χ4n) is 4.06. The van der Waals surface area contributed by atoms with E-state index in [1.54, 1.807) is 42.5 Å². The molecule has 0 aliphatic heterocycles. The van der Waals surface area contributed by atoms with Crippen LogP contribution in [-0.2, 0) is 22.7 Å². The monoisotopic (exact) mass is 579 g/mol. The van der Waals surface area contributed by atoms with Gasteiger partial charge >= 0.3 is 6.18 Å². The van der Waals surface area contributed by atoms with E-state index in [4.69, 9.17) is 4.74 Å². The summed E-state index contributed by atoms with van der Waals surface area (Å²) in [6, 6.07) is 19.5. The second-order valence-corrected chi connectivity index (χ2v) is 10.6. The highest BCUT2D eigenvalue weighted by atomic mass is 35.5. The summed E-state index contributed by atoms with van der Waals surface area (Å²) in [7, 11) is -4.02. The number of H-pyrrole nitrogens is 1. The fraction of sp³-hybridized carbons (Fsp3) is 0.250. The molecule has 1 N–H and O–H groups in total. The number of sulfonamides is 1. The average molecular weight is 580 g/mol. The SMILES string of the molecule is CCC(CC)Oc1cccc(N(Cc2cn[nH]c2-c2ccc(C(F)(F)F)cc2)S(=O)(=O)c2ccccc2)c1.Cl. The van der Waals surface area contributed by atoms with Crippen LogP contribution >= 0.6 is 12.4 Å². The smallest absolute Gasteiger partial charge is 0.416 e. The molecule has 0 saturated carbocycles. The second-order valence-electron chi connectivity index (χ2n) is 8.72. The van der Waals surface area contributed by atoms with Gasteiger partial charge in [0, 0.05) is 11.6 Å². The quantitative estimate of drug-likeness (QED) is 0.211. The highest BCUT2D eigenvalue weighted by Gasteiger charge is 2.31. The van der Waals surface area contributed by atoms with Crippen molar-refractivity contribution in [3.63, 3.8) is 0 Å². The van der Waals surface area contributed by atoms with E-state index >= 15 is 0 Å². The first-order valence-corrected chi connectivity index (χ1v) is 13.6. The molecule has 3 aromatic carbocycles. The van der Waals surface area contributed by atoms with Gasteiger partial charge in [0.25, 0.3) is 10.0 Å². The average Bonchev–Trinajstić information content (AvgIpc) is 3.39. The zero-order chi connectivity index (χ0) is 27.3. The molecule has 6 nitrogen and oxygen atoms in total. The third-order valence-electron chi connectivity index (χ3n) is 6.18. The lowest BCUT2D eigenvalue weighted by Crippen LogP contribution is -2.30. The summed E-state index contributed by atoms with van der Waals surface area (Å²) >= 11 is 0. The van der Waals surface area contributed by atoms with Crippen LogP contribution in [0, 0.1) is 0 Å². The van der Waals surface area contributed by atoms with Crippen molar-refractivity contribution < 1.29 is 26.3 Å². The molecule has 0 amide bonds. The summed E-state index contributed by atoms with van der Waals surface area (Å²) in [5.41, 5.74) is 0.988. The second kappa shape index (κ2) is 12.6. The number of nitrogens with one attached hydrogen (secondary N) is 1. The van der Waals surface area contributed by atoms with Gasteiger partial charge in [0.1, 0.15) is 5.75 Å². The predicted octanol–water partition coefficient (Wildman–Crippen LogP) is 7.48. The molecule has 208 valence electrons. The summed E-state index contributed by atoms with van der Waals surface area (Å²) < 4.78 is 74.1. The van der Waals surface area contributed by atoms with Gasteiger partial charge in [0.2, 0.25) is 0 Å². The van der Waals surface area contributed by atoms with Crippen LogP contribution in [0.4, 0.5) is 18.9 Å². The molecular formula is C28H29ClF3N3O3S. The third kappa shape index (κ3) is 6.93. The summed E-state index contributed by atoms with van der Waals surface area (Å²) in [6.45, 7) is 3.93. The maximum absolute atomic E-state index is 13.8. The molecule has 0 unspecified atom stereocenters. The van der Waals surface area contributed by atoms with E-state index in [9.17, 15) is 21.6 Å². The first-order valence-electron chi connectivity index (χ1n) is 12.2.